The van der Waals surface area contributed by atoms with Gasteiger partial charge in [0.15, 0.2) is 16.9 Å². The fraction of sp³-hybridized carbons (Fsp3) is 0.400. The number of hydrogen-bond donors (Lipinski definition) is 2. The number of carboxylic acid groups (broad SMARTS) is 1. The molecule has 8 heteroatoms. The van der Waals surface area contributed by atoms with Crippen molar-refractivity contribution in [3.63, 3.8) is 0 Å². The Balaban J connectivity index is 2.20. The van der Waals surface area contributed by atoms with E-state index in [1.165, 1.54) is 24.2 Å². The number of nitrogens with one attached hydrogen (secondary N) is 1. The summed E-state index contributed by atoms with van der Waals surface area (Å²) in [4.78, 5) is 23.8. The Morgan fingerprint density at radius 3 is 2.54 bits per heavy atom. The van der Waals surface area contributed by atoms with Crippen LogP contribution in [0.15, 0.2) is 29.2 Å². The zero-order chi connectivity index (χ0) is 20.3. The average molecular weight is 404 g/mol. The van der Waals surface area contributed by atoms with Crippen LogP contribution in [0.2, 0.25) is 0 Å². The van der Waals surface area contributed by atoms with Crippen molar-refractivity contribution < 1.29 is 19.4 Å². The van der Waals surface area contributed by atoms with Crippen LogP contribution in [0.4, 0.5) is 0 Å². The highest BCUT2D eigenvalue weighted by atomic mass is 32.2. The molecule has 7 nitrogen and oxygen atoms in total. The second-order valence-electron chi connectivity index (χ2n) is 6.38. The van der Waals surface area contributed by atoms with Crippen molar-refractivity contribution in [1.82, 2.24) is 9.29 Å². The molecule has 1 aromatic heterocycles. The van der Waals surface area contributed by atoms with E-state index in [0.29, 0.717) is 43.4 Å². The quantitative estimate of drug-likeness (QED) is 0.654. The van der Waals surface area contributed by atoms with Crippen LogP contribution in [0.3, 0.4) is 0 Å². The van der Waals surface area contributed by atoms with E-state index in [2.05, 4.69) is 4.72 Å². The van der Waals surface area contributed by atoms with Crippen molar-refractivity contribution in [2.24, 2.45) is 0 Å². The zero-order valence-corrected chi connectivity index (χ0v) is 17.0. The number of fused-ring (bicyclic) bond motifs is 3. The Morgan fingerprint density at radius 1 is 1.25 bits per heavy atom. The molecule has 1 aliphatic rings. The molecule has 0 fully saturated rings. The van der Waals surface area contributed by atoms with Crippen LogP contribution in [0.25, 0.3) is 11.3 Å². The first kappa shape index (κ1) is 20.3. The third-order valence-electron chi connectivity index (χ3n) is 4.67. The smallest absolute Gasteiger partial charge is 0.341 e. The lowest BCUT2D eigenvalue weighted by molar-refractivity contribution is 0.0694. The number of benzene rings is 1. The number of carbonyl (C=O) groups is 1. The minimum atomic E-state index is -1.22. The van der Waals surface area contributed by atoms with Gasteiger partial charge in [0.2, 0.25) is 0 Å². The van der Waals surface area contributed by atoms with Crippen molar-refractivity contribution in [1.29, 1.82) is 0 Å². The third kappa shape index (κ3) is 3.88. The minimum absolute atomic E-state index is 0.0268. The number of aromatic carboxylic acids is 1. The van der Waals surface area contributed by atoms with Crippen LogP contribution < -0.4 is 19.6 Å². The molecule has 150 valence electrons. The van der Waals surface area contributed by atoms with Gasteiger partial charge in [0.25, 0.3) is 0 Å². The molecule has 0 bridgehead atoms. The molecular weight excluding hydrogens is 380 g/mol. The van der Waals surface area contributed by atoms with Crippen LogP contribution in [0.5, 0.6) is 11.5 Å². The summed E-state index contributed by atoms with van der Waals surface area (Å²) in [5.41, 5.74) is 1.86. The number of hydrogen-bond acceptors (Lipinski definition) is 6. The predicted molar refractivity (Wildman–Crippen MR) is 110 cm³/mol. The molecule has 0 spiro atoms. The van der Waals surface area contributed by atoms with Gasteiger partial charge < -0.3 is 19.1 Å². The molecule has 1 unspecified atom stereocenters. The topological polar surface area (TPSA) is 89.8 Å². The molecule has 0 saturated carbocycles. The first-order valence-corrected chi connectivity index (χ1v) is 10.4. The summed E-state index contributed by atoms with van der Waals surface area (Å²) in [5.74, 6) is 0.0760. The molecule has 2 heterocycles. The summed E-state index contributed by atoms with van der Waals surface area (Å²) in [6.07, 6.45) is 4.07. The summed E-state index contributed by atoms with van der Waals surface area (Å²) >= 11 is 1.50. The van der Waals surface area contributed by atoms with Gasteiger partial charge in [-0.2, -0.15) is 0 Å². The van der Waals surface area contributed by atoms with Gasteiger partial charge in [-0.25, -0.2) is 4.79 Å². The van der Waals surface area contributed by atoms with Crippen molar-refractivity contribution in [3.05, 3.63) is 45.7 Å². The van der Waals surface area contributed by atoms with Gasteiger partial charge in [-0.3, -0.25) is 9.52 Å². The van der Waals surface area contributed by atoms with E-state index >= 15 is 0 Å². The monoisotopic (exact) mass is 404 g/mol. The van der Waals surface area contributed by atoms with E-state index in [4.69, 9.17) is 9.47 Å². The van der Waals surface area contributed by atoms with Gasteiger partial charge in [-0.05, 0) is 44.2 Å². The Morgan fingerprint density at radius 2 is 1.93 bits per heavy atom. The predicted octanol–water partition coefficient (Wildman–Crippen LogP) is 2.98. The maximum absolute atomic E-state index is 12.4. The number of nitrogens with zero attached hydrogens (tertiary/aromatic N) is 1. The van der Waals surface area contributed by atoms with E-state index in [9.17, 15) is 14.7 Å². The van der Waals surface area contributed by atoms with Gasteiger partial charge in [0.1, 0.15) is 5.56 Å². The summed E-state index contributed by atoms with van der Waals surface area (Å²) < 4.78 is 16.6. The molecule has 0 aliphatic carbocycles. The van der Waals surface area contributed by atoms with Crippen molar-refractivity contribution in [2.75, 3.05) is 26.0 Å². The molecule has 2 aromatic rings. The molecule has 1 aromatic carbocycles. The molecule has 0 radical (unpaired) electrons. The Hall–Kier alpha value is -2.45. The highest BCUT2D eigenvalue weighted by Gasteiger charge is 2.27. The van der Waals surface area contributed by atoms with Crippen molar-refractivity contribution in [2.45, 2.75) is 26.3 Å². The van der Waals surface area contributed by atoms with Crippen LogP contribution in [-0.4, -0.2) is 41.7 Å². The maximum atomic E-state index is 12.4. The second-order valence-corrected chi connectivity index (χ2v) is 7.08. The van der Waals surface area contributed by atoms with Crippen molar-refractivity contribution >= 4 is 17.9 Å². The highest BCUT2D eigenvalue weighted by molar-refractivity contribution is 7.96. The SMILES string of the molecule is CCOc1cc2c(cc1OCC)-c1cc(=O)c(C(=O)O)cn1C(CNSC)C2. The number of ether oxygens (including phenoxy) is 2. The zero-order valence-electron chi connectivity index (χ0n) is 16.2. The maximum Gasteiger partial charge on any atom is 0.341 e. The Kier molecular flexibility index (Phi) is 6.31. The van der Waals surface area contributed by atoms with Gasteiger partial charge in [-0.1, -0.05) is 11.9 Å². The minimum Gasteiger partial charge on any atom is -0.490 e. The molecule has 2 N–H and O–H groups in total. The summed E-state index contributed by atoms with van der Waals surface area (Å²) in [6, 6.07) is 5.23. The Labute approximate surface area is 167 Å². The molecule has 0 saturated heterocycles. The molecule has 28 heavy (non-hydrogen) atoms. The van der Waals surface area contributed by atoms with E-state index in [1.54, 1.807) is 0 Å². The van der Waals surface area contributed by atoms with Gasteiger partial charge in [-0.15, -0.1) is 0 Å². The summed E-state index contributed by atoms with van der Waals surface area (Å²) in [7, 11) is 0. The molecule has 1 aliphatic heterocycles. The van der Waals surface area contributed by atoms with Crippen LogP contribution >= 0.6 is 11.9 Å². The molecular formula is C20H24N2O5S. The number of rotatable bonds is 8. The lowest BCUT2D eigenvalue weighted by Gasteiger charge is -2.31. The van der Waals surface area contributed by atoms with Gasteiger partial charge in [0, 0.05) is 24.4 Å². The van der Waals surface area contributed by atoms with E-state index < -0.39 is 11.4 Å². The van der Waals surface area contributed by atoms with E-state index in [-0.39, 0.29) is 11.6 Å². The van der Waals surface area contributed by atoms with Crippen molar-refractivity contribution in [3.8, 4) is 22.8 Å². The second kappa shape index (κ2) is 8.70. The number of aromatic nitrogens is 1. The fourth-order valence-electron chi connectivity index (χ4n) is 3.48. The molecule has 3 rings (SSSR count). The van der Waals surface area contributed by atoms with Crippen LogP contribution in [0, 0.1) is 0 Å². The average Bonchev–Trinajstić information content (AvgIpc) is 2.66. The van der Waals surface area contributed by atoms with E-state index in [0.717, 1.165) is 11.1 Å². The first-order valence-electron chi connectivity index (χ1n) is 9.18. The third-order valence-corrected chi connectivity index (χ3v) is 5.12. The standard InChI is InChI=1S/C20H24N2O5S/c1-4-26-18-7-12-6-13(10-21-28-3)22-11-15(20(24)25)17(23)9-16(22)14(12)8-19(18)27-5-2/h7-9,11,13,21H,4-6,10H2,1-3H3,(H,24,25). The summed E-state index contributed by atoms with van der Waals surface area (Å²) in [5, 5.41) is 9.36. The van der Waals surface area contributed by atoms with Gasteiger partial charge >= 0.3 is 5.97 Å². The van der Waals surface area contributed by atoms with Crippen LogP contribution in [0.1, 0.15) is 35.8 Å². The Bertz CT molecular complexity index is 941. The largest absolute Gasteiger partial charge is 0.490 e. The molecule has 0 amide bonds. The van der Waals surface area contributed by atoms with Crippen LogP contribution in [-0.2, 0) is 6.42 Å². The van der Waals surface area contributed by atoms with Gasteiger partial charge in [0.05, 0.1) is 24.9 Å². The fourth-order valence-corrected chi connectivity index (χ4v) is 3.84. The van der Waals surface area contributed by atoms with E-state index in [1.807, 2.05) is 36.8 Å². The first-order chi connectivity index (χ1) is 13.5. The number of pyridine rings is 1. The molecule has 1 atom stereocenters. The highest BCUT2D eigenvalue weighted by Crippen LogP contribution is 2.41. The lowest BCUT2D eigenvalue weighted by Crippen LogP contribution is -2.30. The lowest BCUT2D eigenvalue weighted by atomic mass is 9.91. The number of carboxylic acids is 1. The normalized spacial score (nSPS) is 14.9. The summed E-state index contributed by atoms with van der Waals surface area (Å²) in [6.45, 7) is 5.46.